The number of aryl methyl sites for hydroxylation is 1. The van der Waals surface area contributed by atoms with Gasteiger partial charge in [0.1, 0.15) is 22.6 Å². The number of nitrogens with two attached hydrogens (primary N) is 2. The number of nitrogen functional groups attached to an aromatic ring is 1. The van der Waals surface area contributed by atoms with Crippen LogP contribution in [0.2, 0.25) is 0 Å². The molecule has 1 saturated heterocycles. The Hall–Kier alpha value is -4.21. The molecule has 50 heavy (non-hydrogen) atoms. The van der Waals surface area contributed by atoms with E-state index < -0.39 is 23.2 Å². The van der Waals surface area contributed by atoms with Crippen molar-refractivity contribution in [2.75, 3.05) is 49.5 Å². The van der Waals surface area contributed by atoms with Gasteiger partial charge >= 0.3 is 11.9 Å². The van der Waals surface area contributed by atoms with E-state index in [1.807, 2.05) is 17.2 Å². The van der Waals surface area contributed by atoms with Gasteiger partial charge in [0.05, 0.1) is 5.52 Å². The van der Waals surface area contributed by atoms with Crippen LogP contribution in [-0.4, -0.2) is 108 Å². The summed E-state index contributed by atoms with van der Waals surface area (Å²) in [6.45, 7) is 9.29. The average molecular weight is 711 g/mol. The molecule has 1 amide bonds. The van der Waals surface area contributed by atoms with E-state index in [0.717, 1.165) is 74.1 Å². The zero-order valence-electron chi connectivity index (χ0n) is 29.0. The Labute approximate surface area is 297 Å². The van der Waals surface area contributed by atoms with Gasteiger partial charge in [0.25, 0.3) is 0 Å². The number of anilines is 2. The Bertz CT molecular complexity index is 1640. The highest BCUT2D eigenvalue weighted by atomic mass is 32.2. The van der Waals surface area contributed by atoms with Crippen LogP contribution in [-0.2, 0) is 32.3 Å². The van der Waals surface area contributed by atoms with Crippen LogP contribution in [0.3, 0.4) is 0 Å². The minimum atomic E-state index is -1.22. The largest absolute Gasteiger partial charge is 0.480 e. The number of carboxylic acid groups (broad SMARTS) is 2. The third kappa shape index (κ3) is 11.2. The van der Waals surface area contributed by atoms with Crippen LogP contribution >= 0.6 is 11.8 Å². The molecular weight excluding hydrogens is 661 g/mol. The number of carboxylic acids is 2. The van der Waals surface area contributed by atoms with Crippen molar-refractivity contribution in [1.82, 2.24) is 24.3 Å². The van der Waals surface area contributed by atoms with E-state index in [1.54, 1.807) is 0 Å². The first-order chi connectivity index (χ1) is 23.9. The van der Waals surface area contributed by atoms with E-state index in [4.69, 9.17) is 16.6 Å². The van der Waals surface area contributed by atoms with Crippen LogP contribution in [0.5, 0.6) is 0 Å². The Morgan fingerprint density at radius 2 is 1.74 bits per heavy atom. The zero-order valence-corrected chi connectivity index (χ0v) is 29.8. The second-order valence-electron chi connectivity index (χ2n) is 12.9. The lowest BCUT2D eigenvalue weighted by atomic mass is 10.0. The predicted octanol–water partition coefficient (Wildman–Crippen LogP) is 3.34. The summed E-state index contributed by atoms with van der Waals surface area (Å²) in [5.74, 6) is -1.78. The van der Waals surface area contributed by atoms with Gasteiger partial charge < -0.3 is 36.5 Å². The summed E-state index contributed by atoms with van der Waals surface area (Å²) >= 11 is 0.847. The molecule has 0 radical (unpaired) electrons. The molecule has 2 atom stereocenters. The molecule has 1 aliphatic rings. The SMILES string of the molecule is CCCCCNc1nc(N)nc2ccn(Cc3ccc(CN4CCN(C(=O)CCCC(=O)C[C@@H](SC[C@H](N)C(=O)O)C(=O)O)CC4)cc3C)c12. The number of hydrogen-bond donors (Lipinski definition) is 5. The number of nitrogens with zero attached hydrogens (tertiary/aromatic N) is 5. The number of benzene rings is 1. The summed E-state index contributed by atoms with van der Waals surface area (Å²) in [7, 11) is 0. The lowest BCUT2D eigenvalue weighted by Crippen LogP contribution is -2.48. The molecular formula is C35H50N8O6S. The lowest BCUT2D eigenvalue weighted by molar-refractivity contribution is -0.139. The number of amides is 1. The summed E-state index contributed by atoms with van der Waals surface area (Å²) in [5, 5.41) is 20.7. The Kier molecular flexibility index (Phi) is 14.4. The fourth-order valence-electron chi connectivity index (χ4n) is 6.00. The van der Waals surface area contributed by atoms with E-state index >= 15 is 0 Å². The van der Waals surface area contributed by atoms with Crippen molar-refractivity contribution in [3.05, 3.63) is 47.2 Å². The van der Waals surface area contributed by atoms with Crippen molar-refractivity contribution in [2.24, 2.45) is 5.73 Å². The van der Waals surface area contributed by atoms with Crippen molar-refractivity contribution in [3.8, 4) is 0 Å². The number of thioether (sulfide) groups is 1. The van der Waals surface area contributed by atoms with Gasteiger partial charge in [0.15, 0.2) is 5.82 Å². The van der Waals surface area contributed by atoms with Gasteiger partial charge in [0.2, 0.25) is 11.9 Å². The van der Waals surface area contributed by atoms with Gasteiger partial charge in [-0.15, -0.1) is 11.8 Å². The van der Waals surface area contributed by atoms with Crippen LogP contribution in [0.4, 0.5) is 11.8 Å². The second-order valence-corrected chi connectivity index (χ2v) is 14.1. The molecule has 14 nitrogen and oxygen atoms in total. The quantitative estimate of drug-likeness (QED) is 0.107. The first-order valence-corrected chi connectivity index (χ1v) is 18.3. The third-order valence-corrected chi connectivity index (χ3v) is 10.2. The lowest BCUT2D eigenvalue weighted by Gasteiger charge is -2.35. The highest BCUT2D eigenvalue weighted by Crippen LogP contribution is 2.25. The van der Waals surface area contributed by atoms with E-state index in [9.17, 15) is 24.3 Å². The summed E-state index contributed by atoms with van der Waals surface area (Å²) < 4.78 is 2.16. The first kappa shape index (κ1) is 38.6. The molecule has 0 bridgehead atoms. The number of piperazine rings is 1. The van der Waals surface area contributed by atoms with Crippen molar-refractivity contribution in [1.29, 1.82) is 0 Å². The molecule has 15 heteroatoms. The number of carbonyl (C=O) groups is 4. The molecule has 2 aromatic heterocycles. The molecule has 3 heterocycles. The average Bonchev–Trinajstić information content (AvgIpc) is 3.48. The molecule has 272 valence electrons. The van der Waals surface area contributed by atoms with Gasteiger partial charge in [-0.25, -0.2) is 4.98 Å². The van der Waals surface area contributed by atoms with Gasteiger partial charge in [-0.05, 0) is 42.5 Å². The number of hydrogen-bond acceptors (Lipinski definition) is 11. The number of unbranched alkanes of at least 4 members (excludes halogenated alkanes) is 2. The maximum absolute atomic E-state index is 12.8. The predicted molar refractivity (Wildman–Crippen MR) is 195 cm³/mol. The maximum atomic E-state index is 12.8. The molecule has 1 fully saturated rings. The van der Waals surface area contributed by atoms with Gasteiger partial charge in [0, 0.05) is 77.0 Å². The molecule has 1 aliphatic heterocycles. The Morgan fingerprint density at radius 1 is 0.980 bits per heavy atom. The summed E-state index contributed by atoms with van der Waals surface area (Å²) in [6.07, 6.45) is 5.80. The van der Waals surface area contributed by atoms with Crippen molar-refractivity contribution in [3.63, 3.8) is 0 Å². The fourth-order valence-corrected chi connectivity index (χ4v) is 7.03. The standard InChI is InChI=1S/C35H50N8O6S/c1-3-4-5-12-38-32-31-28(39-35(37)40-32)11-13-43(31)21-25-10-9-24(18-23(25)2)20-41-14-16-42(17-15-41)30(45)8-6-7-26(44)19-29(34(48)49)50-22-27(36)33(46)47/h9-11,13,18,27,29H,3-8,12,14-17,19-22,36H2,1-2H3,(H,46,47)(H,48,49)(H3,37,38,39,40)/t27-,29+/m0/s1. The third-order valence-electron chi connectivity index (χ3n) is 8.91. The maximum Gasteiger partial charge on any atom is 0.321 e. The minimum absolute atomic E-state index is 0.0147. The normalized spacial score (nSPS) is 14.8. The molecule has 1 aromatic carbocycles. The van der Waals surface area contributed by atoms with E-state index in [0.29, 0.717) is 26.1 Å². The summed E-state index contributed by atoms with van der Waals surface area (Å²) in [4.78, 5) is 60.7. The van der Waals surface area contributed by atoms with Gasteiger partial charge in [-0.3, -0.25) is 24.1 Å². The molecule has 0 unspecified atom stereocenters. The molecule has 0 aliphatic carbocycles. The summed E-state index contributed by atoms with van der Waals surface area (Å²) in [6, 6.07) is 7.33. The number of carbonyl (C=O) groups excluding carboxylic acids is 2. The van der Waals surface area contributed by atoms with Crippen molar-refractivity contribution < 1.29 is 29.4 Å². The molecule has 0 spiro atoms. The van der Waals surface area contributed by atoms with Gasteiger partial charge in [-0.2, -0.15) is 4.98 Å². The molecule has 3 aromatic rings. The Balaban J connectivity index is 1.22. The van der Waals surface area contributed by atoms with Crippen LogP contribution < -0.4 is 16.8 Å². The zero-order chi connectivity index (χ0) is 36.2. The molecule has 7 N–H and O–H groups in total. The van der Waals surface area contributed by atoms with E-state index in [-0.39, 0.29) is 42.7 Å². The summed E-state index contributed by atoms with van der Waals surface area (Å²) in [5.41, 5.74) is 16.8. The first-order valence-electron chi connectivity index (χ1n) is 17.2. The number of fused-ring (bicyclic) bond motifs is 1. The molecule has 4 rings (SSSR count). The second kappa shape index (κ2) is 18.7. The highest BCUT2D eigenvalue weighted by Gasteiger charge is 2.25. The number of nitrogens with one attached hydrogen (secondary N) is 1. The number of Topliss-reactive ketones (excluding diaryl/α,β-unsaturated/α-hetero) is 1. The van der Waals surface area contributed by atoms with Crippen LogP contribution in [0.15, 0.2) is 30.5 Å². The minimum Gasteiger partial charge on any atom is -0.480 e. The van der Waals surface area contributed by atoms with Crippen molar-refractivity contribution >= 4 is 58.2 Å². The van der Waals surface area contributed by atoms with Crippen LogP contribution in [0.1, 0.15) is 68.6 Å². The number of aromatic nitrogens is 3. The van der Waals surface area contributed by atoms with Gasteiger partial charge in [-0.1, -0.05) is 38.0 Å². The monoisotopic (exact) mass is 710 g/mol. The number of rotatable bonds is 20. The highest BCUT2D eigenvalue weighted by molar-refractivity contribution is 8.00. The Morgan fingerprint density at radius 3 is 2.42 bits per heavy atom. The van der Waals surface area contributed by atoms with Crippen molar-refractivity contribution in [2.45, 2.75) is 83.2 Å². The number of aliphatic carboxylic acids is 2. The van der Waals surface area contributed by atoms with Crippen LogP contribution in [0.25, 0.3) is 11.0 Å². The van der Waals surface area contributed by atoms with Crippen LogP contribution in [0, 0.1) is 6.92 Å². The topological polar surface area (TPSA) is 210 Å². The smallest absolute Gasteiger partial charge is 0.321 e. The van der Waals surface area contributed by atoms with E-state index in [1.165, 1.54) is 16.7 Å². The fraction of sp³-hybridized carbons (Fsp3) is 0.543. The molecule has 0 saturated carbocycles. The number of ketones is 1. The van der Waals surface area contributed by atoms with E-state index in [2.05, 4.69) is 56.8 Å².